The molecule has 1 amide bonds. The van der Waals surface area contributed by atoms with Crippen LogP contribution in [0.15, 0.2) is 47.5 Å². The molecule has 116 valence electrons. The van der Waals surface area contributed by atoms with Crippen LogP contribution in [-0.2, 0) is 24.1 Å². The van der Waals surface area contributed by atoms with Crippen molar-refractivity contribution >= 4 is 5.91 Å². The lowest BCUT2D eigenvalue weighted by Gasteiger charge is -2.10. The first-order valence-corrected chi connectivity index (χ1v) is 6.30. The zero-order valence-corrected chi connectivity index (χ0v) is 11.3. The van der Waals surface area contributed by atoms with Crippen molar-refractivity contribution in [3.8, 4) is 0 Å². The lowest BCUT2D eigenvalue weighted by molar-refractivity contribution is -0.138. The van der Waals surface area contributed by atoms with Gasteiger partial charge in [0.25, 0.3) is 5.56 Å². The maximum Gasteiger partial charge on any atom is 0.417 e. The van der Waals surface area contributed by atoms with Gasteiger partial charge in [-0.2, -0.15) is 13.2 Å². The van der Waals surface area contributed by atoms with Gasteiger partial charge in [0.15, 0.2) is 0 Å². The molecule has 0 aliphatic carbocycles. The molecule has 2 aromatic heterocycles. The standard InChI is InChI=1S/C14H12F3N3O2/c15-14(16,17)10-4-5-13(22)20(8-10)9-12(21)19-7-11-3-1-2-6-18-11/h1-6,8H,7,9H2,(H,19,21). The summed E-state index contributed by atoms with van der Waals surface area (Å²) in [6.07, 6.45) is -2.39. The summed E-state index contributed by atoms with van der Waals surface area (Å²) in [5, 5.41) is 2.49. The summed E-state index contributed by atoms with van der Waals surface area (Å²) in [5.41, 5.74) is -1.06. The van der Waals surface area contributed by atoms with Crippen molar-refractivity contribution in [1.29, 1.82) is 0 Å². The molecule has 0 aliphatic rings. The number of carbonyl (C=O) groups excluding carboxylic acids is 1. The zero-order chi connectivity index (χ0) is 16.2. The number of carbonyl (C=O) groups is 1. The minimum atomic E-state index is -4.57. The lowest BCUT2D eigenvalue weighted by atomic mass is 10.2. The number of nitrogens with zero attached hydrogens (tertiary/aromatic N) is 2. The Hall–Kier alpha value is -2.64. The molecular weight excluding hydrogens is 299 g/mol. The van der Waals surface area contributed by atoms with Gasteiger partial charge in [-0.25, -0.2) is 0 Å². The fraction of sp³-hybridized carbons (Fsp3) is 0.214. The number of aromatic nitrogens is 2. The molecule has 8 heteroatoms. The van der Waals surface area contributed by atoms with Crippen LogP contribution in [0.5, 0.6) is 0 Å². The van der Waals surface area contributed by atoms with Crippen molar-refractivity contribution in [2.45, 2.75) is 19.3 Å². The van der Waals surface area contributed by atoms with Crippen LogP contribution in [0.3, 0.4) is 0 Å². The Morgan fingerprint density at radius 3 is 2.64 bits per heavy atom. The molecule has 0 atom stereocenters. The van der Waals surface area contributed by atoms with Crippen LogP contribution in [0.4, 0.5) is 13.2 Å². The maximum atomic E-state index is 12.6. The normalized spacial score (nSPS) is 11.2. The second-order valence-corrected chi connectivity index (χ2v) is 4.48. The molecule has 0 bridgehead atoms. The van der Waals surface area contributed by atoms with E-state index in [0.717, 1.165) is 10.6 Å². The minimum Gasteiger partial charge on any atom is -0.349 e. The molecule has 0 saturated heterocycles. The number of nitrogens with one attached hydrogen (secondary N) is 1. The Morgan fingerprint density at radius 2 is 2.00 bits per heavy atom. The van der Waals surface area contributed by atoms with Gasteiger partial charge in [0, 0.05) is 18.5 Å². The van der Waals surface area contributed by atoms with Gasteiger partial charge in [-0.1, -0.05) is 6.07 Å². The molecule has 5 nitrogen and oxygen atoms in total. The Bertz CT molecular complexity index is 711. The highest BCUT2D eigenvalue weighted by Crippen LogP contribution is 2.27. The van der Waals surface area contributed by atoms with Gasteiger partial charge >= 0.3 is 6.18 Å². The van der Waals surface area contributed by atoms with Crippen LogP contribution >= 0.6 is 0 Å². The van der Waals surface area contributed by atoms with Crippen LogP contribution in [0.2, 0.25) is 0 Å². The second-order valence-electron chi connectivity index (χ2n) is 4.48. The summed E-state index contributed by atoms with van der Waals surface area (Å²) in [7, 11) is 0. The van der Waals surface area contributed by atoms with E-state index in [1.165, 1.54) is 0 Å². The molecule has 2 heterocycles. The predicted octanol–water partition coefficient (Wildman–Crippen LogP) is 1.58. The first-order chi connectivity index (χ1) is 10.4. The second kappa shape index (κ2) is 6.42. The smallest absolute Gasteiger partial charge is 0.349 e. The quantitative estimate of drug-likeness (QED) is 0.932. The SMILES string of the molecule is O=C(Cn1cc(C(F)(F)F)ccc1=O)NCc1ccccn1. The van der Waals surface area contributed by atoms with Gasteiger partial charge in [0.1, 0.15) is 6.54 Å². The van der Waals surface area contributed by atoms with E-state index < -0.39 is 29.8 Å². The molecule has 0 radical (unpaired) electrons. The minimum absolute atomic E-state index is 0.132. The number of pyridine rings is 2. The van der Waals surface area contributed by atoms with Gasteiger partial charge in [0.05, 0.1) is 17.8 Å². The van der Waals surface area contributed by atoms with E-state index in [4.69, 9.17) is 0 Å². The van der Waals surface area contributed by atoms with Crippen molar-refractivity contribution in [3.63, 3.8) is 0 Å². The van der Waals surface area contributed by atoms with E-state index in [1.54, 1.807) is 24.4 Å². The van der Waals surface area contributed by atoms with Gasteiger partial charge in [-0.15, -0.1) is 0 Å². The summed E-state index contributed by atoms with van der Waals surface area (Å²) >= 11 is 0. The third-order valence-corrected chi connectivity index (χ3v) is 2.82. The van der Waals surface area contributed by atoms with Crippen LogP contribution in [0.25, 0.3) is 0 Å². The van der Waals surface area contributed by atoms with E-state index in [9.17, 15) is 22.8 Å². The number of alkyl halides is 3. The highest BCUT2D eigenvalue weighted by molar-refractivity contribution is 5.75. The Kier molecular flexibility index (Phi) is 4.59. The molecule has 0 aliphatic heterocycles. The van der Waals surface area contributed by atoms with E-state index in [2.05, 4.69) is 10.3 Å². The molecule has 1 N–H and O–H groups in total. The maximum absolute atomic E-state index is 12.6. The van der Waals surface area contributed by atoms with Crippen molar-refractivity contribution in [3.05, 3.63) is 64.3 Å². The number of halogens is 3. The third kappa shape index (κ3) is 4.18. The summed E-state index contributed by atoms with van der Waals surface area (Å²) < 4.78 is 38.5. The molecule has 0 aromatic carbocycles. The van der Waals surface area contributed by atoms with Crippen LogP contribution in [-0.4, -0.2) is 15.5 Å². The average Bonchev–Trinajstić information content (AvgIpc) is 2.47. The van der Waals surface area contributed by atoms with E-state index in [0.29, 0.717) is 18.0 Å². The average molecular weight is 311 g/mol. The number of hydrogen-bond donors (Lipinski definition) is 1. The molecule has 0 unspecified atom stereocenters. The lowest BCUT2D eigenvalue weighted by Crippen LogP contribution is -2.32. The van der Waals surface area contributed by atoms with E-state index >= 15 is 0 Å². The van der Waals surface area contributed by atoms with Crippen LogP contribution in [0, 0.1) is 0 Å². The van der Waals surface area contributed by atoms with Gasteiger partial charge in [-0.05, 0) is 18.2 Å². The molecule has 0 fully saturated rings. The van der Waals surface area contributed by atoms with E-state index in [1.807, 2.05) is 0 Å². The number of amides is 1. The van der Waals surface area contributed by atoms with Crippen molar-refractivity contribution in [2.24, 2.45) is 0 Å². The predicted molar refractivity (Wildman–Crippen MR) is 71.8 cm³/mol. The van der Waals surface area contributed by atoms with E-state index in [-0.39, 0.29) is 6.54 Å². The first-order valence-electron chi connectivity index (χ1n) is 6.30. The zero-order valence-electron chi connectivity index (χ0n) is 11.3. The summed E-state index contributed by atoms with van der Waals surface area (Å²) in [5.74, 6) is -0.577. The van der Waals surface area contributed by atoms with Crippen molar-refractivity contribution in [2.75, 3.05) is 0 Å². The molecule has 0 spiro atoms. The molecule has 2 aromatic rings. The molecule has 2 rings (SSSR count). The third-order valence-electron chi connectivity index (χ3n) is 2.82. The Labute approximate surface area is 123 Å². The fourth-order valence-electron chi connectivity index (χ4n) is 1.73. The highest BCUT2D eigenvalue weighted by Gasteiger charge is 2.31. The topological polar surface area (TPSA) is 64.0 Å². The van der Waals surface area contributed by atoms with Crippen molar-refractivity contribution in [1.82, 2.24) is 14.9 Å². The largest absolute Gasteiger partial charge is 0.417 e. The van der Waals surface area contributed by atoms with Gasteiger partial charge in [0.2, 0.25) is 5.91 Å². The highest BCUT2D eigenvalue weighted by atomic mass is 19.4. The summed E-state index contributed by atoms with van der Waals surface area (Å²) in [6.45, 7) is -0.358. The molecular formula is C14H12F3N3O2. The Morgan fingerprint density at radius 1 is 1.23 bits per heavy atom. The van der Waals surface area contributed by atoms with Gasteiger partial charge in [-0.3, -0.25) is 14.6 Å². The first kappa shape index (κ1) is 15.7. The number of hydrogen-bond acceptors (Lipinski definition) is 3. The fourth-order valence-corrected chi connectivity index (χ4v) is 1.73. The Balaban J connectivity index is 2.04. The van der Waals surface area contributed by atoms with Crippen molar-refractivity contribution < 1.29 is 18.0 Å². The molecule has 22 heavy (non-hydrogen) atoms. The molecule has 0 saturated carbocycles. The summed E-state index contributed by atoms with van der Waals surface area (Å²) in [4.78, 5) is 27.2. The van der Waals surface area contributed by atoms with Crippen LogP contribution in [0.1, 0.15) is 11.3 Å². The summed E-state index contributed by atoms with van der Waals surface area (Å²) in [6, 6.07) is 6.62. The number of rotatable bonds is 4. The van der Waals surface area contributed by atoms with Crippen LogP contribution < -0.4 is 10.9 Å². The monoisotopic (exact) mass is 311 g/mol. The van der Waals surface area contributed by atoms with Gasteiger partial charge < -0.3 is 9.88 Å².